The van der Waals surface area contributed by atoms with Crippen LogP contribution in [0.2, 0.25) is 0 Å². The van der Waals surface area contributed by atoms with Crippen molar-refractivity contribution in [3.63, 3.8) is 0 Å². The minimum absolute atomic E-state index is 0.112. The standard InChI is InChI=1S/C10H8FNO5/c1-17-9(14)4-7-6(5-13)2-3-8(10(7)11)12(15)16/h2-3,5H,4H2,1H3. The number of nitro groups is 1. The Kier molecular flexibility index (Phi) is 3.86. The van der Waals surface area contributed by atoms with E-state index in [0.717, 1.165) is 19.2 Å². The van der Waals surface area contributed by atoms with Crippen LogP contribution in [-0.2, 0) is 16.0 Å². The third kappa shape index (κ3) is 2.63. The van der Waals surface area contributed by atoms with E-state index in [1.165, 1.54) is 0 Å². The van der Waals surface area contributed by atoms with E-state index in [4.69, 9.17) is 0 Å². The van der Waals surface area contributed by atoms with E-state index in [1.54, 1.807) is 0 Å². The number of benzene rings is 1. The summed E-state index contributed by atoms with van der Waals surface area (Å²) in [7, 11) is 1.10. The highest BCUT2D eigenvalue weighted by Gasteiger charge is 2.22. The molecule has 0 unspecified atom stereocenters. The number of rotatable bonds is 4. The number of nitrogens with zero attached hydrogens (tertiary/aromatic N) is 1. The quantitative estimate of drug-likeness (QED) is 0.343. The number of hydrogen-bond acceptors (Lipinski definition) is 5. The highest BCUT2D eigenvalue weighted by atomic mass is 19.1. The van der Waals surface area contributed by atoms with E-state index < -0.39 is 28.8 Å². The number of ether oxygens (including phenoxy) is 1. The van der Waals surface area contributed by atoms with Crippen molar-refractivity contribution < 1.29 is 23.6 Å². The maximum atomic E-state index is 13.7. The summed E-state index contributed by atoms with van der Waals surface area (Å²) >= 11 is 0. The normalized spacial score (nSPS) is 9.76. The second kappa shape index (κ2) is 5.15. The first-order valence-electron chi connectivity index (χ1n) is 4.49. The van der Waals surface area contributed by atoms with Gasteiger partial charge < -0.3 is 4.74 Å². The van der Waals surface area contributed by atoms with E-state index in [-0.39, 0.29) is 11.1 Å². The van der Waals surface area contributed by atoms with Gasteiger partial charge in [0, 0.05) is 17.2 Å². The van der Waals surface area contributed by atoms with Gasteiger partial charge in [-0.15, -0.1) is 0 Å². The molecular formula is C10H8FNO5. The lowest BCUT2D eigenvalue weighted by Gasteiger charge is -2.05. The van der Waals surface area contributed by atoms with Crippen molar-refractivity contribution in [3.8, 4) is 0 Å². The topological polar surface area (TPSA) is 86.5 Å². The van der Waals surface area contributed by atoms with Crippen molar-refractivity contribution in [2.75, 3.05) is 7.11 Å². The highest BCUT2D eigenvalue weighted by Crippen LogP contribution is 2.23. The highest BCUT2D eigenvalue weighted by molar-refractivity contribution is 5.82. The number of methoxy groups -OCH3 is 1. The van der Waals surface area contributed by atoms with Gasteiger partial charge in [0.2, 0.25) is 5.82 Å². The molecule has 7 heteroatoms. The second-order valence-electron chi connectivity index (χ2n) is 3.09. The first-order valence-corrected chi connectivity index (χ1v) is 4.49. The number of nitro benzene ring substituents is 1. The Labute approximate surface area is 95.1 Å². The molecule has 0 aliphatic heterocycles. The van der Waals surface area contributed by atoms with E-state index in [2.05, 4.69) is 4.74 Å². The van der Waals surface area contributed by atoms with Crippen molar-refractivity contribution in [3.05, 3.63) is 39.2 Å². The molecule has 1 aromatic rings. The number of carbonyl (C=O) groups excluding carboxylic acids is 2. The number of hydrogen-bond donors (Lipinski definition) is 0. The Morgan fingerprint density at radius 1 is 1.59 bits per heavy atom. The summed E-state index contributed by atoms with van der Waals surface area (Å²) in [5.41, 5.74) is -1.23. The molecule has 0 spiro atoms. The van der Waals surface area contributed by atoms with Gasteiger partial charge >= 0.3 is 11.7 Å². The van der Waals surface area contributed by atoms with Gasteiger partial charge in [0.05, 0.1) is 18.5 Å². The van der Waals surface area contributed by atoms with Crippen LogP contribution < -0.4 is 0 Å². The van der Waals surface area contributed by atoms with Crippen molar-refractivity contribution in [2.45, 2.75) is 6.42 Å². The maximum absolute atomic E-state index is 13.7. The lowest BCUT2D eigenvalue weighted by molar-refractivity contribution is -0.387. The van der Waals surface area contributed by atoms with Crippen LogP contribution in [0, 0.1) is 15.9 Å². The SMILES string of the molecule is COC(=O)Cc1c(C=O)ccc([N+](=O)[O-])c1F. The fourth-order valence-electron chi connectivity index (χ4n) is 1.27. The minimum atomic E-state index is -1.19. The first-order chi connectivity index (χ1) is 8.01. The molecule has 0 atom stereocenters. The smallest absolute Gasteiger partial charge is 0.310 e. The molecule has 0 N–H and O–H groups in total. The van der Waals surface area contributed by atoms with Gasteiger partial charge in [0.25, 0.3) is 0 Å². The number of halogens is 1. The van der Waals surface area contributed by atoms with Crippen molar-refractivity contribution in [2.24, 2.45) is 0 Å². The molecule has 6 nitrogen and oxygen atoms in total. The molecule has 0 fully saturated rings. The van der Waals surface area contributed by atoms with Crippen LogP contribution in [0.3, 0.4) is 0 Å². The zero-order valence-electron chi connectivity index (χ0n) is 8.81. The molecular weight excluding hydrogens is 233 g/mol. The van der Waals surface area contributed by atoms with Gasteiger partial charge in [-0.25, -0.2) is 0 Å². The molecule has 1 aromatic carbocycles. The maximum Gasteiger partial charge on any atom is 0.310 e. The van der Waals surface area contributed by atoms with Crippen LogP contribution in [0.15, 0.2) is 12.1 Å². The predicted octanol–water partition coefficient (Wildman–Crippen LogP) is 1.26. The fraction of sp³-hybridized carbons (Fsp3) is 0.200. The number of esters is 1. The zero-order chi connectivity index (χ0) is 13.0. The van der Waals surface area contributed by atoms with Gasteiger partial charge in [-0.2, -0.15) is 4.39 Å². The lowest BCUT2D eigenvalue weighted by atomic mass is 10.0. The predicted molar refractivity (Wildman–Crippen MR) is 54.2 cm³/mol. The van der Waals surface area contributed by atoms with Gasteiger partial charge in [0.1, 0.15) is 6.29 Å². The molecule has 0 aliphatic carbocycles. The summed E-state index contributed by atoms with van der Waals surface area (Å²) in [6, 6.07) is 1.96. The van der Waals surface area contributed by atoms with E-state index >= 15 is 0 Å². The first kappa shape index (κ1) is 12.8. The zero-order valence-corrected chi connectivity index (χ0v) is 8.81. The Balaban J connectivity index is 3.32. The van der Waals surface area contributed by atoms with Crippen molar-refractivity contribution in [1.82, 2.24) is 0 Å². The molecule has 0 aromatic heterocycles. The largest absolute Gasteiger partial charge is 0.469 e. The number of aldehydes is 1. The van der Waals surface area contributed by atoms with Crippen LogP contribution in [0.5, 0.6) is 0 Å². The van der Waals surface area contributed by atoms with Crippen LogP contribution in [-0.4, -0.2) is 24.3 Å². The average Bonchev–Trinajstić information content (AvgIpc) is 2.30. The molecule has 17 heavy (non-hydrogen) atoms. The van der Waals surface area contributed by atoms with Gasteiger partial charge in [-0.3, -0.25) is 19.7 Å². The average molecular weight is 241 g/mol. The van der Waals surface area contributed by atoms with Gasteiger partial charge in [0.15, 0.2) is 0 Å². The van der Waals surface area contributed by atoms with Crippen LogP contribution in [0.4, 0.5) is 10.1 Å². The van der Waals surface area contributed by atoms with Gasteiger partial charge in [-0.05, 0) is 6.07 Å². The fourth-order valence-corrected chi connectivity index (χ4v) is 1.27. The molecule has 90 valence electrons. The Morgan fingerprint density at radius 3 is 2.71 bits per heavy atom. The van der Waals surface area contributed by atoms with Crippen LogP contribution >= 0.6 is 0 Å². The number of carbonyl (C=O) groups is 2. The summed E-state index contributed by atoms with van der Waals surface area (Å²) in [6.07, 6.45) is -0.205. The van der Waals surface area contributed by atoms with E-state index in [0.29, 0.717) is 6.29 Å². The third-order valence-corrected chi connectivity index (χ3v) is 2.13. The summed E-state index contributed by atoms with van der Waals surface area (Å²) in [5, 5.41) is 10.5. The molecule has 0 heterocycles. The molecule has 0 saturated heterocycles. The Bertz CT molecular complexity index is 486. The molecule has 0 amide bonds. The summed E-state index contributed by atoms with van der Waals surface area (Å²) in [6.45, 7) is 0. The molecule has 0 saturated carbocycles. The summed E-state index contributed by atoms with van der Waals surface area (Å²) in [4.78, 5) is 31.2. The molecule has 0 radical (unpaired) electrons. The lowest BCUT2D eigenvalue weighted by Crippen LogP contribution is -2.10. The Hall–Kier alpha value is -2.31. The monoisotopic (exact) mass is 241 g/mol. The van der Waals surface area contributed by atoms with E-state index in [9.17, 15) is 24.1 Å². The van der Waals surface area contributed by atoms with Gasteiger partial charge in [-0.1, -0.05) is 0 Å². The molecule has 1 rings (SSSR count). The second-order valence-corrected chi connectivity index (χ2v) is 3.09. The van der Waals surface area contributed by atoms with Crippen molar-refractivity contribution >= 4 is 17.9 Å². The summed E-state index contributed by atoms with van der Waals surface area (Å²) < 4.78 is 18.0. The van der Waals surface area contributed by atoms with E-state index in [1.807, 2.05) is 0 Å². The van der Waals surface area contributed by atoms with Crippen LogP contribution in [0.25, 0.3) is 0 Å². The third-order valence-electron chi connectivity index (χ3n) is 2.13. The Morgan fingerprint density at radius 2 is 2.24 bits per heavy atom. The molecule has 0 aliphatic rings. The summed E-state index contributed by atoms with van der Waals surface area (Å²) in [5.74, 6) is -1.97. The van der Waals surface area contributed by atoms with Crippen LogP contribution in [0.1, 0.15) is 15.9 Å². The minimum Gasteiger partial charge on any atom is -0.469 e. The van der Waals surface area contributed by atoms with Crippen molar-refractivity contribution in [1.29, 1.82) is 0 Å². The molecule has 0 bridgehead atoms.